The second kappa shape index (κ2) is 6.14. The van der Waals surface area contributed by atoms with Crippen LogP contribution in [-0.4, -0.2) is 41.3 Å². The number of pyridine rings is 1. The van der Waals surface area contributed by atoms with E-state index in [1.165, 1.54) is 6.20 Å². The minimum atomic E-state index is -0.370. The van der Waals surface area contributed by atoms with E-state index in [-0.39, 0.29) is 17.9 Å². The van der Waals surface area contributed by atoms with E-state index < -0.39 is 0 Å². The Labute approximate surface area is 120 Å². The lowest BCUT2D eigenvalue weighted by Gasteiger charge is -2.34. The molecule has 1 N–H and O–H groups in total. The Morgan fingerprint density at radius 3 is 2.89 bits per heavy atom. The Hall–Kier alpha value is -1.43. The number of likely N-dealkylation sites (N-methyl/N-ethyl adjacent to an activating group) is 1. The number of aromatic nitrogens is 1. The molecule has 0 aromatic carbocycles. The van der Waals surface area contributed by atoms with Gasteiger partial charge in [0.2, 0.25) is 5.91 Å². The molecule has 1 fully saturated rings. The highest BCUT2D eigenvalue weighted by Gasteiger charge is 2.32. The smallest absolute Gasteiger partial charge is 0.256 e. The summed E-state index contributed by atoms with van der Waals surface area (Å²) in [6.45, 7) is 0.615. The van der Waals surface area contributed by atoms with Crippen LogP contribution >= 0.6 is 15.9 Å². The molecule has 1 atom stereocenters. The maximum absolute atomic E-state index is 12.5. The standard InChI is InChI=1S/C13H16BrN3O2/c1-15-12(18)11-4-2-3-5-17(11)13(19)9-6-10(14)8-16-7-9/h6-8,11H,2-5H2,1H3,(H,15,18)/t11-/m0/s1. The summed E-state index contributed by atoms with van der Waals surface area (Å²) in [4.78, 5) is 30.0. The maximum Gasteiger partial charge on any atom is 0.256 e. The van der Waals surface area contributed by atoms with Gasteiger partial charge in [-0.2, -0.15) is 0 Å². The van der Waals surface area contributed by atoms with Crippen LogP contribution in [0.1, 0.15) is 29.6 Å². The lowest BCUT2D eigenvalue weighted by atomic mass is 10.0. The molecule has 0 saturated carbocycles. The van der Waals surface area contributed by atoms with Gasteiger partial charge in [0.1, 0.15) is 6.04 Å². The average Bonchev–Trinajstić information content (AvgIpc) is 2.45. The molecule has 0 unspecified atom stereocenters. The number of carbonyl (C=O) groups excluding carboxylic acids is 2. The molecule has 102 valence electrons. The molecule has 0 radical (unpaired) electrons. The van der Waals surface area contributed by atoms with Crippen LogP contribution in [0.2, 0.25) is 0 Å². The van der Waals surface area contributed by atoms with Crippen molar-refractivity contribution in [1.82, 2.24) is 15.2 Å². The van der Waals surface area contributed by atoms with Crippen molar-refractivity contribution in [3.05, 3.63) is 28.5 Å². The van der Waals surface area contributed by atoms with Gasteiger partial charge >= 0.3 is 0 Å². The van der Waals surface area contributed by atoms with Crippen LogP contribution in [0.5, 0.6) is 0 Å². The molecule has 0 spiro atoms. The molecule has 2 amide bonds. The van der Waals surface area contributed by atoms with Crippen LogP contribution in [0.15, 0.2) is 22.9 Å². The normalized spacial score (nSPS) is 19.1. The molecule has 1 aliphatic heterocycles. The van der Waals surface area contributed by atoms with Crippen LogP contribution in [0.25, 0.3) is 0 Å². The lowest BCUT2D eigenvalue weighted by molar-refractivity contribution is -0.126. The van der Waals surface area contributed by atoms with Gasteiger partial charge in [0, 0.05) is 30.5 Å². The Morgan fingerprint density at radius 2 is 2.21 bits per heavy atom. The number of carbonyl (C=O) groups is 2. The zero-order valence-electron chi connectivity index (χ0n) is 10.7. The summed E-state index contributed by atoms with van der Waals surface area (Å²) >= 11 is 3.30. The van der Waals surface area contributed by atoms with Gasteiger partial charge in [-0.05, 0) is 41.3 Å². The zero-order chi connectivity index (χ0) is 13.8. The van der Waals surface area contributed by atoms with Crippen molar-refractivity contribution in [2.45, 2.75) is 25.3 Å². The highest BCUT2D eigenvalue weighted by Crippen LogP contribution is 2.20. The van der Waals surface area contributed by atoms with Crippen molar-refractivity contribution in [3.8, 4) is 0 Å². The fraction of sp³-hybridized carbons (Fsp3) is 0.462. The molecule has 5 nitrogen and oxygen atoms in total. The first-order chi connectivity index (χ1) is 9.13. The number of halogens is 1. The molecule has 1 aliphatic rings. The van der Waals surface area contributed by atoms with Gasteiger partial charge in [0.25, 0.3) is 5.91 Å². The molecule has 1 aromatic heterocycles. The number of piperidine rings is 1. The third-order valence-corrected chi connectivity index (χ3v) is 3.70. The number of rotatable bonds is 2. The predicted octanol–water partition coefficient (Wildman–Crippen LogP) is 1.58. The number of amides is 2. The van der Waals surface area contributed by atoms with E-state index in [1.54, 1.807) is 24.2 Å². The van der Waals surface area contributed by atoms with Crippen LogP contribution < -0.4 is 5.32 Å². The van der Waals surface area contributed by atoms with Gasteiger partial charge in [-0.15, -0.1) is 0 Å². The van der Waals surface area contributed by atoms with Crippen molar-refractivity contribution in [2.75, 3.05) is 13.6 Å². The summed E-state index contributed by atoms with van der Waals surface area (Å²) in [5.41, 5.74) is 0.505. The third-order valence-electron chi connectivity index (χ3n) is 3.26. The van der Waals surface area contributed by atoms with Crippen LogP contribution in [0.4, 0.5) is 0 Å². The van der Waals surface area contributed by atoms with E-state index in [2.05, 4.69) is 26.2 Å². The third kappa shape index (κ3) is 3.12. The molecular weight excluding hydrogens is 310 g/mol. The van der Waals surface area contributed by atoms with Crippen molar-refractivity contribution >= 4 is 27.7 Å². The Morgan fingerprint density at radius 1 is 1.42 bits per heavy atom. The molecule has 6 heteroatoms. The fourth-order valence-electron chi connectivity index (χ4n) is 2.31. The van der Waals surface area contributed by atoms with E-state index in [1.807, 2.05) is 0 Å². The summed E-state index contributed by atoms with van der Waals surface area (Å²) in [6.07, 6.45) is 5.78. The Balaban J connectivity index is 2.22. The molecule has 1 aromatic rings. The van der Waals surface area contributed by atoms with Crippen molar-refractivity contribution in [1.29, 1.82) is 0 Å². The van der Waals surface area contributed by atoms with Crippen LogP contribution in [-0.2, 0) is 4.79 Å². The van der Waals surface area contributed by atoms with Gasteiger partial charge in [0.05, 0.1) is 5.56 Å². The molecular formula is C13H16BrN3O2. The minimum absolute atomic E-state index is 0.101. The predicted molar refractivity (Wildman–Crippen MR) is 74.7 cm³/mol. The Kier molecular flexibility index (Phi) is 4.52. The largest absolute Gasteiger partial charge is 0.357 e. The SMILES string of the molecule is CNC(=O)[C@@H]1CCCCN1C(=O)c1cncc(Br)c1. The second-order valence-electron chi connectivity index (χ2n) is 4.52. The second-order valence-corrected chi connectivity index (χ2v) is 5.43. The first-order valence-corrected chi connectivity index (χ1v) is 7.06. The summed E-state index contributed by atoms with van der Waals surface area (Å²) in [5.74, 6) is -0.238. The topological polar surface area (TPSA) is 62.3 Å². The molecule has 1 saturated heterocycles. The van der Waals surface area contributed by atoms with Gasteiger partial charge in [0.15, 0.2) is 0 Å². The van der Waals surface area contributed by atoms with E-state index in [4.69, 9.17) is 0 Å². The number of nitrogens with one attached hydrogen (secondary N) is 1. The molecule has 2 heterocycles. The van der Waals surface area contributed by atoms with Crippen molar-refractivity contribution in [3.63, 3.8) is 0 Å². The van der Waals surface area contributed by atoms with Gasteiger partial charge < -0.3 is 10.2 Å². The lowest BCUT2D eigenvalue weighted by Crippen LogP contribution is -2.51. The van der Waals surface area contributed by atoms with Gasteiger partial charge in [-0.1, -0.05) is 0 Å². The van der Waals surface area contributed by atoms with E-state index >= 15 is 0 Å². The summed E-state index contributed by atoms with van der Waals surface area (Å²) < 4.78 is 0.756. The summed E-state index contributed by atoms with van der Waals surface area (Å²) in [5, 5.41) is 2.62. The van der Waals surface area contributed by atoms with Crippen LogP contribution in [0.3, 0.4) is 0 Å². The zero-order valence-corrected chi connectivity index (χ0v) is 12.3. The van der Waals surface area contributed by atoms with E-state index in [9.17, 15) is 9.59 Å². The van der Waals surface area contributed by atoms with Gasteiger partial charge in [-0.25, -0.2) is 0 Å². The molecule has 2 rings (SSSR count). The molecule has 19 heavy (non-hydrogen) atoms. The number of hydrogen-bond acceptors (Lipinski definition) is 3. The van der Waals surface area contributed by atoms with Crippen LogP contribution in [0, 0.1) is 0 Å². The molecule has 0 aliphatic carbocycles. The quantitative estimate of drug-likeness (QED) is 0.898. The Bertz CT molecular complexity index is 493. The maximum atomic E-state index is 12.5. The number of likely N-dealkylation sites (tertiary alicyclic amines) is 1. The van der Waals surface area contributed by atoms with E-state index in [0.717, 1.165) is 17.3 Å². The average molecular weight is 326 g/mol. The van der Waals surface area contributed by atoms with Crippen molar-refractivity contribution < 1.29 is 9.59 Å². The number of nitrogens with zero attached hydrogens (tertiary/aromatic N) is 2. The highest BCUT2D eigenvalue weighted by molar-refractivity contribution is 9.10. The first kappa shape index (κ1) is 14.0. The summed E-state index contributed by atoms with van der Waals surface area (Å²) in [6, 6.07) is 1.36. The first-order valence-electron chi connectivity index (χ1n) is 6.26. The minimum Gasteiger partial charge on any atom is -0.357 e. The number of hydrogen-bond donors (Lipinski definition) is 1. The molecule has 0 bridgehead atoms. The van der Waals surface area contributed by atoms with Crippen molar-refractivity contribution in [2.24, 2.45) is 0 Å². The van der Waals surface area contributed by atoms with Gasteiger partial charge in [-0.3, -0.25) is 14.6 Å². The highest BCUT2D eigenvalue weighted by atomic mass is 79.9. The monoisotopic (exact) mass is 325 g/mol. The van der Waals surface area contributed by atoms with E-state index in [0.29, 0.717) is 18.5 Å². The fourth-order valence-corrected chi connectivity index (χ4v) is 2.67. The summed E-state index contributed by atoms with van der Waals surface area (Å²) in [7, 11) is 1.60.